The summed E-state index contributed by atoms with van der Waals surface area (Å²) in [5.74, 6) is 0.112. The largest absolute Gasteiger partial charge is 0.416 e. The van der Waals surface area contributed by atoms with Crippen molar-refractivity contribution in [2.24, 2.45) is 0 Å². The number of benzene rings is 1. The van der Waals surface area contributed by atoms with E-state index in [9.17, 15) is 18.3 Å². The van der Waals surface area contributed by atoms with Gasteiger partial charge < -0.3 is 10.4 Å². The van der Waals surface area contributed by atoms with E-state index in [-0.39, 0.29) is 18.1 Å². The van der Waals surface area contributed by atoms with Gasteiger partial charge in [0.1, 0.15) is 0 Å². The van der Waals surface area contributed by atoms with Crippen LogP contribution < -0.4 is 5.32 Å². The van der Waals surface area contributed by atoms with Gasteiger partial charge in [0.2, 0.25) is 0 Å². The molecule has 2 N–H and O–H groups in total. The van der Waals surface area contributed by atoms with E-state index in [0.29, 0.717) is 6.54 Å². The molecular formula is C15H20F3NO. The van der Waals surface area contributed by atoms with Crippen molar-refractivity contribution in [1.82, 2.24) is 5.32 Å². The minimum atomic E-state index is -4.28. The van der Waals surface area contributed by atoms with E-state index in [1.807, 2.05) is 6.92 Å². The molecule has 1 unspecified atom stereocenters. The first-order valence-corrected chi connectivity index (χ1v) is 6.89. The van der Waals surface area contributed by atoms with E-state index >= 15 is 0 Å². The third kappa shape index (κ3) is 3.33. The summed E-state index contributed by atoms with van der Waals surface area (Å²) in [6.45, 7) is 2.75. The number of nitrogens with one attached hydrogen (secondary N) is 1. The van der Waals surface area contributed by atoms with Crippen molar-refractivity contribution >= 4 is 0 Å². The molecule has 1 fully saturated rings. The van der Waals surface area contributed by atoms with Crippen LogP contribution in [-0.4, -0.2) is 23.8 Å². The molecule has 0 aliphatic heterocycles. The Balaban J connectivity index is 1.94. The molecule has 1 aliphatic carbocycles. The van der Waals surface area contributed by atoms with Gasteiger partial charge in [-0.15, -0.1) is 0 Å². The Labute approximate surface area is 117 Å². The molecule has 1 aliphatic rings. The van der Waals surface area contributed by atoms with Gasteiger partial charge in [0.15, 0.2) is 0 Å². The van der Waals surface area contributed by atoms with E-state index in [2.05, 4.69) is 5.32 Å². The highest BCUT2D eigenvalue weighted by atomic mass is 19.4. The summed E-state index contributed by atoms with van der Waals surface area (Å²) in [4.78, 5) is 0. The first-order valence-electron chi connectivity index (χ1n) is 6.89. The van der Waals surface area contributed by atoms with Crippen LogP contribution in [0.5, 0.6) is 0 Å². The molecule has 0 aromatic heterocycles. The van der Waals surface area contributed by atoms with Crippen molar-refractivity contribution in [1.29, 1.82) is 0 Å². The van der Waals surface area contributed by atoms with E-state index in [1.165, 1.54) is 12.1 Å². The zero-order valence-corrected chi connectivity index (χ0v) is 11.5. The van der Waals surface area contributed by atoms with E-state index in [0.717, 1.165) is 37.0 Å². The topological polar surface area (TPSA) is 32.3 Å². The molecular weight excluding hydrogens is 267 g/mol. The molecule has 0 saturated heterocycles. The normalized spacial score (nSPS) is 19.4. The number of halogens is 3. The lowest BCUT2D eigenvalue weighted by atomic mass is 9.77. The minimum Gasteiger partial charge on any atom is -0.394 e. The maximum atomic E-state index is 12.5. The van der Waals surface area contributed by atoms with Crippen LogP contribution in [0.2, 0.25) is 0 Å². The Bertz CT molecular complexity index is 432. The van der Waals surface area contributed by atoms with Crippen LogP contribution in [-0.2, 0) is 6.18 Å². The van der Waals surface area contributed by atoms with Gasteiger partial charge >= 0.3 is 6.18 Å². The first-order chi connectivity index (χ1) is 9.36. The Morgan fingerprint density at radius 2 is 1.85 bits per heavy atom. The molecule has 0 bridgehead atoms. The molecule has 0 amide bonds. The van der Waals surface area contributed by atoms with Crippen molar-refractivity contribution in [3.05, 3.63) is 35.4 Å². The van der Waals surface area contributed by atoms with Gasteiger partial charge in [0, 0.05) is 12.1 Å². The summed E-state index contributed by atoms with van der Waals surface area (Å²) < 4.78 is 37.5. The van der Waals surface area contributed by atoms with Crippen molar-refractivity contribution in [3.63, 3.8) is 0 Å². The number of rotatable bonds is 5. The Morgan fingerprint density at radius 3 is 2.25 bits per heavy atom. The van der Waals surface area contributed by atoms with Crippen LogP contribution in [0.15, 0.2) is 24.3 Å². The lowest BCUT2D eigenvalue weighted by Crippen LogP contribution is -2.54. The lowest BCUT2D eigenvalue weighted by molar-refractivity contribution is -0.137. The fourth-order valence-corrected chi connectivity index (χ4v) is 2.48. The lowest BCUT2D eigenvalue weighted by Gasteiger charge is -2.42. The fraction of sp³-hybridized carbons (Fsp3) is 0.600. The summed E-state index contributed by atoms with van der Waals surface area (Å²) in [5, 5.41) is 12.7. The molecule has 2 nitrogen and oxygen atoms in total. The molecule has 1 saturated carbocycles. The monoisotopic (exact) mass is 287 g/mol. The van der Waals surface area contributed by atoms with Gasteiger partial charge in [-0.1, -0.05) is 19.1 Å². The molecule has 1 aromatic rings. The van der Waals surface area contributed by atoms with Crippen LogP contribution in [0.1, 0.15) is 43.2 Å². The average molecular weight is 287 g/mol. The zero-order chi connectivity index (χ0) is 14.8. The molecule has 5 heteroatoms. The highest BCUT2D eigenvalue weighted by molar-refractivity contribution is 5.27. The van der Waals surface area contributed by atoms with Crippen molar-refractivity contribution in [3.8, 4) is 0 Å². The number of aliphatic hydroxyl groups is 1. The third-order valence-corrected chi connectivity index (χ3v) is 4.20. The smallest absolute Gasteiger partial charge is 0.394 e. The van der Waals surface area contributed by atoms with Crippen LogP contribution in [0.3, 0.4) is 0 Å². The molecule has 0 radical (unpaired) electrons. The molecule has 2 rings (SSSR count). The van der Waals surface area contributed by atoms with Gasteiger partial charge in [-0.25, -0.2) is 0 Å². The number of aliphatic hydroxyl groups excluding tert-OH is 1. The van der Waals surface area contributed by atoms with Crippen LogP contribution in [0.4, 0.5) is 13.2 Å². The zero-order valence-electron chi connectivity index (χ0n) is 11.5. The summed E-state index contributed by atoms with van der Waals surface area (Å²) >= 11 is 0. The second-order valence-corrected chi connectivity index (χ2v) is 5.69. The minimum absolute atomic E-state index is 0.112. The molecule has 20 heavy (non-hydrogen) atoms. The molecule has 112 valence electrons. The summed E-state index contributed by atoms with van der Waals surface area (Å²) in [6.07, 6.45) is -1.25. The number of hydrogen-bond acceptors (Lipinski definition) is 2. The maximum Gasteiger partial charge on any atom is 0.416 e. The van der Waals surface area contributed by atoms with E-state index < -0.39 is 11.7 Å². The predicted octanol–water partition coefficient (Wildman–Crippen LogP) is 3.31. The Kier molecular flexibility index (Phi) is 4.39. The summed E-state index contributed by atoms with van der Waals surface area (Å²) in [6, 6.07) is 5.30. The van der Waals surface area contributed by atoms with E-state index in [4.69, 9.17) is 0 Å². The van der Waals surface area contributed by atoms with E-state index in [1.54, 1.807) is 0 Å². The predicted molar refractivity (Wildman–Crippen MR) is 71.5 cm³/mol. The van der Waals surface area contributed by atoms with Crippen molar-refractivity contribution in [2.75, 3.05) is 13.2 Å². The fourth-order valence-electron chi connectivity index (χ4n) is 2.48. The van der Waals surface area contributed by atoms with Gasteiger partial charge in [-0.3, -0.25) is 0 Å². The SMILES string of the molecule is CC(CNC1(CO)CCC1)c1ccc(C(F)(F)F)cc1. The van der Waals surface area contributed by atoms with Gasteiger partial charge in [0.25, 0.3) is 0 Å². The maximum absolute atomic E-state index is 12.5. The van der Waals surface area contributed by atoms with Gasteiger partial charge in [-0.05, 0) is 42.9 Å². The highest BCUT2D eigenvalue weighted by Gasteiger charge is 2.36. The number of alkyl halides is 3. The first kappa shape index (κ1) is 15.3. The average Bonchev–Trinajstić information content (AvgIpc) is 2.37. The second-order valence-electron chi connectivity index (χ2n) is 5.69. The van der Waals surface area contributed by atoms with Crippen molar-refractivity contribution in [2.45, 2.75) is 43.8 Å². The third-order valence-electron chi connectivity index (χ3n) is 4.20. The summed E-state index contributed by atoms with van der Waals surface area (Å²) in [5.41, 5.74) is 0.0883. The Hall–Kier alpha value is -1.07. The molecule has 0 spiro atoms. The summed E-state index contributed by atoms with van der Waals surface area (Å²) in [7, 11) is 0. The quantitative estimate of drug-likeness (QED) is 0.871. The van der Waals surface area contributed by atoms with Crippen LogP contribution in [0, 0.1) is 0 Å². The van der Waals surface area contributed by atoms with Crippen LogP contribution in [0.25, 0.3) is 0 Å². The molecule has 1 aromatic carbocycles. The number of hydrogen-bond donors (Lipinski definition) is 2. The Morgan fingerprint density at radius 1 is 1.25 bits per heavy atom. The van der Waals surface area contributed by atoms with Gasteiger partial charge in [-0.2, -0.15) is 13.2 Å². The van der Waals surface area contributed by atoms with Crippen LogP contribution >= 0.6 is 0 Å². The van der Waals surface area contributed by atoms with Crippen molar-refractivity contribution < 1.29 is 18.3 Å². The molecule has 1 atom stereocenters. The highest BCUT2D eigenvalue weighted by Crippen LogP contribution is 2.32. The van der Waals surface area contributed by atoms with Gasteiger partial charge in [0.05, 0.1) is 12.2 Å². The standard InChI is InChI=1S/C15H20F3NO/c1-11(9-19-14(10-20)7-2-8-14)12-3-5-13(6-4-12)15(16,17)18/h3-6,11,19-20H,2,7-10H2,1H3. The second kappa shape index (κ2) is 5.74. The molecule has 0 heterocycles.